The fourth-order valence-corrected chi connectivity index (χ4v) is 3.15. The van der Waals surface area contributed by atoms with Gasteiger partial charge in [0, 0.05) is 11.5 Å². The van der Waals surface area contributed by atoms with Crippen LogP contribution in [0.4, 0.5) is 5.69 Å². The number of para-hydroxylation sites is 2. The van der Waals surface area contributed by atoms with Gasteiger partial charge in [-0.25, -0.2) is 4.68 Å². The topological polar surface area (TPSA) is 56.2 Å². The Bertz CT molecular complexity index is 918. The van der Waals surface area contributed by atoms with Crippen molar-refractivity contribution in [3.05, 3.63) is 72.1 Å². The number of ether oxygens (including phenoxy) is 1. The lowest BCUT2D eigenvalue weighted by molar-refractivity contribution is -0.122. The van der Waals surface area contributed by atoms with Crippen molar-refractivity contribution in [2.75, 3.05) is 5.32 Å². The highest BCUT2D eigenvalue weighted by Crippen LogP contribution is 2.38. The van der Waals surface area contributed by atoms with E-state index in [0.717, 1.165) is 22.7 Å². The summed E-state index contributed by atoms with van der Waals surface area (Å²) in [6.07, 6.45) is 1.30. The molecule has 5 nitrogen and oxygen atoms in total. The van der Waals surface area contributed by atoms with Crippen LogP contribution in [0.3, 0.4) is 0 Å². The SMILES string of the molecule is Cc1nn(-c2ccccc2)cc1NC(=O)C1Oc2ccccc2C1C. The second-order valence-electron chi connectivity index (χ2n) is 6.26. The number of rotatable bonds is 3. The summed E-state index contributed by atoms with van der Waals surface area (Å²) < 4.78 is 7.61. The molecule has 0 saturated carbocycles. The summed E-state index contributed by atoms with van der Waals surface area (Å²) in [4.78, 5) is 12.7. The molecule has 2 heterocycles. The Kier molecular flexibility index (Phi) is 3.76. The minimum atomic E-state index is -0.531. The highest BCUT2D eigenvalue weighted by atomic mass is 16.5. The Morgan fingerprint density at radius 3 is 2.60 bits per heavy atom. The van der Waals surface area contributed by atoms with Crippen LogP contribution in [0.25, 0.3) is 5.69 Å². The molecule has 1 amide bonds. The number of nitrogens with zero attached hydrogens (tertiary/aromatic N) is 2. The van der Waals surface area contributed by atoms with Crippen molar-refractivity contribution in [3.63, 3.8) is 0 Å². The summed E-state index contributed by atoms with van der Waals surface area (Å²) >= 11 is 0. The van der Waals surface area contributed by atoms with Gasteiger partial charge >= 0.3 is 0 Å². The number of aromatic nitrogens is 2. The summed E-state index contributed by atoms with van der Waals surface area (Å²) in [6.45, 7) is 3.89. The molecule has 2 aromatic carbocycles. The van der Waals surface area contributed by atoms with E-state index in [-0.39, 0.29) is 11.8 Å². The number of aryl methyl sites for hydroxylation is 1. The van der Waals surface area contributed by atoms with Gasteiger partial charge in [0.25, 0.3) is 5.91 Å². The summed E-state index contributed by atoms with van der Waals surface area (Å²) in [5.74, 6) is 0.645. The molecule has 0 fully saturated rings. The molecule has 4 rings (SSSR count). The normalized spacial score (nSPS) is 18.5. The van der Waals surface area contributed by atoms with Gasteiger partial charge in [-0.15, -0.1) is 0 Å². The van der Waals surface area contributed by atoms with Crippen molar-refractivity contribution < 1.29 is 9.53 Å². The highest BCUT2D eigenvalue weighted by Gasteiger charge is 2.36. The van der Waals surface area contributed by atoms with E-state index in [9.17, 15) is 4.79 Å². The van der Waals surface area contributed by atoms with Crippen LogP contribution in [0.15, 0.2) is 60.8 Å². The van der Waals surface area contributed by atoms with Crippen molar-refractivity contribution in [3.8, 4) is 11.4 Å². The van der Waals surface area contributed by atoms with Gasteiger partial charge in [-0.2, -0.15) is 5.10 Å². The third-order valence-electron chi connectivity index (χ3n) is 4.55. The monoisotopic (exact) mass is 333 g/mol. The van der Waals surface area contributed by atoms with Gasteiger partial charge in [0.15, 0.2) is 6.10 Å². The summed E-state index contributed by atoms with van der Waals surface area (Å²) in [6, 6.07) is 17.6. The number of fused-ring (bicyclic) bond motifs is 1. The molecule has 5 heteroatoms. The summed E-state index contributed by atoms with van der Waals surface area (Å²) in [7, 11) is 0. The van der Waals surface area contributed by atoms with E-state index in [0.29, 0.717) is 5.69 Å². The Labute approximate surface area is 146 Å². The number of carbonyl (C=O) groups is 1. The lowest BCUT2D eigenvalue weighted by Gasteiger charge is -2.14. The van der Waals surface area contributed by atoms with Gasteiger partial charge in [-0.1, -0.05) is 43.3 Å². The predicted molar refractivity (Wildman–Crippen MR) is 96.2 cm³/mol. The van der Waals surface area contributed by atoms with E-state index in [2.05, 4.69) is 10.4 Å². The first-order valence-corrected chi connectivity index (χ1v) is 8.31. The maximum atomic E-state index is 12.7. The van der Waals surface area contributed by atoms with Crippen LogP contribution in [0.2, 0.25) is 0 Å². The average Bonchev–Trinajstić information content (AvgIpc) is 3.17. The number of benzene rings is 2. The molecule has 25 heavy (non-hydrogen) atoms. The van der Waals surface area contributed by atoms with Gasteiger partial charge < -0.3 is 10.1 Å². The molecule has 0 aliphatic carbocycles. The molecule has 0 spiro atoms. The van der Waals surface area contributed by atoms with E-state index in [1.165, 1.54) is 0 Å². The van der Waals surface area contributed by atoms with Crippen molar-refractivity contribution in [1.29, 1.82) is 0 Å². The summed E-state index contributed by atoms with van der Waals surface area (Å²) in [5, 5.41) is 7.44. The first-order chi connectivity index (χ1) is 12.1. The van der Waals surface area contributed by atoms with Crippen LogP contribution in [0.5, 0.6) is 5.75 Å². The third kappa shape index (κ3) is 2.78. The zero-order valence-electron chi connectivity index (χ0n) is 14.1. The smallest absolute Gasteiger partial charge is 0.266 e. The van der Waals surface area contributed by atoms with Crippen LogP contribution in [0.1, 0.15) is 24.1 Å². The molecule has 1 aromatic heterocycles. The largest absolute Gasteiger partial charge is 0.480 e. The quantitative estimate of drug-likeness (QED) is 0.795. The molecule has 0 saturated heterocycles. The molecule has 126 valence electrons. The second-order valence-corrected chi connectivity index (χ2v) is 6.26. The number of hydrogen-bond acceptors (Lipinski definition) is 3. The molecule has 2 unspecified atom stereocenters. The van der Waals surface area contributed by atoms with E-state index in [1.807, 2.05) is 74.6 Å². The first-order valence-electron chi connectivity index (χ1n) is 8.31. The Morgan fingerprint density at radius 2 is 1.84 bits per heavy atom. The molecular weight excluding hydrogens is 314 g/mol. The van der Waals surface area contributed by atoms with Crippen molar-refractivity contribution >= 4 is 11.6 Å². The lowest BCUT2D eigenvalue weighted by atomic mass is 9.97. The molecule has 0 radical (unpaired) electrons. The first kappa shape index (κ1) is 15.4. The van der Waals surface area contributed by atoms with Crippen LogP contribution in [-0.4, -0.2) is 21.8 Å². The molecule has 1 N–H and O–H groups in total. The average molecular weight is 333 g/mol. The third-order valence-corrected chi connectivity index (χ3v) is 4.55. The number of anilines is 1. The maximum Gasteiger partial charge on any atom is 0.266 e. The standard InChI is InChI=1S/C20H19N3O2/c1-13-16-10-6-7-11-18(16)25-19(13)20(24)21-17-12-23(22-14(17)2)15-8-4-3-5-9-15/h3-13,19H,1-2H3,(H,21,24). The van der Waals surface area contributed by atoms with E-state index >= 15 is 0 Å². The van der Waals surface area contributed by atoms with E-state index in [4.69, 9.17) is 4.74 Å². The van der Waals surface area contributed by atoms with Crippen LogP contribution >= 0.6 is 0 Å². The fourth-order valence-electron chi connectivity index (χ4n) is 3.15. The zero-order chi connectivity index (χ0) is 17.4. The minimum Gasteiger partial charge on any atom is -0.480 e. The maximum absolute atomic E-state index is 12.7. The Balaban J connectivity index is 1.54. The molecule has 3 aromatic rings. The highest BCUT2D eigenvalue weighted by molar-refractivity contribution is 5.96. The van der Waals surface area contributed by atoms with Crippen LogP contribution < -0.4 is 10.1 Å². The number of nitrogens with one attached hydrogen (secondary N) is 1. The van der Waals surface area contributed by atoms with Gasteiger partial charge in [-0.05, 0) is 25.1 Å². The molecule has 2 atom stereocenters. The van der Waals surface area contributed by atoms with Crippen molar-refractivity contribution in [1.82, 2.24) is 9.78 Å². The fraction of sp³-hybridized carbons (Fsp3) is 0.200. The van der Waals surface area contributed by atoms with Crippen LogP contribution in [-0.2, 0) is 4.79 Å². The minimum absolute atomic E-state index is 0.0145. The molecule has 0 bridgehead atoms. The Morgan fingerprint density at radius 1 is 1.12 bits per heavy atom. The second kappa shape index (κ2) is 6.09. The van der Waals surface area contributed by atoms with Gasteiger partial charge in [0.2, 0.25) is 0 Å². The van der Waals surface area contributed by atoms with Crippen molar-refractivity contribution in [2.45, 2.75) is 25.9 Å². The van der Waals surface area contributed by atoms with Gasteiger partial charge in [-0.3, -0.25) is 4.79 Å². The molecule has 1 aliphatic rings. The predicted octanol–water partition coefficient (Wildman–Crippen LogP) is 3.68. The lowest BCUT2D eigenvalue weighted by Crippen LogP contribution is -2.33. The number of hydrogen-bond donors (Lipinski definition) is 1. The Hall–Kier alpha value is -3.08. The molecule has 1 aliphatic heterocycles. The molecular formula is C20H19N3O2. The zero-order valence-corrected chi connectivity index (χ0v) is 14.1. The summed E-state index contributed by atoms with van der Waals surface area (Å²) in [5.41, 5.74) is 3.48. The van der Waals surface area contributed by atoms with E-state index < -0.39 is 6.10 Å². The van der Waals surface area contributed by atoms with Gasteiger partial charge in [0.05, 0.1) is 23.3 Å². The van der Waals surface area contributed by atoms with Gasteiger partial charge in [0.1, 0.15) is 5.75 Å². The number of amides is 1. The number of carbonyl (C=O) groups excluding carboxylic acids is 1. The van der Waals surface area contributed by atoms with Crippen LogP contribution in [0, 0.1) is 6.92 Å². The van der Waals surface area contributed by atoms with E-state index in [1.54, 1.807) is 4.68 Å². The van der Waals surface area contributed by atoms with Crippen molar-refractivity contribution in [2.24, 2.45) is 0 Å².